The van der Waals surface area contributed by atoms with Crippen molar-refractivity contribution < 1.29 is 14.7 Å². The summed E-state index contributed by atoms with van der Waals surface area (Å²) in [6.45, 7) is 0. The van der Waals surface area contributed by atoms with Gasteiger partial charge in [-0.05, 0) is 42.9 Å². The highest BCUT2D eigenvalue weighted by Crippen LogP contribution is 2.40. The van der Waals surface area contributed by atoms with E-state index >= 15 is 0 Å². The molecule has 1 aromatic heterocycles. The quantitative estimate of drug-likeness (QED) is 0.934. The Labute approximate surface area is 146 Å². The van der Waals surface area contributed by atoms with Crippen LogP contribution in [0.4, 0.5) is 0 Å². The topological polar surface area (TPSA) is 70.5 Å². The maximum absolute atomic E-state index is 13.0. The molecule has 0 spiro atoms. The molecule has 1 saturated heterocycles. The molecule has 25 heavy (non-hydrogen) atoms. The number of hydrogen-bond acceptors (Lipinski definition) is 3. The second kappa shape index (κ2) is 6.47. The Hall–Kier alpha value is -2.43. The molecule has 3 unspecified atom stereocenters. The number of para-hydroxylation sites is 1. The molecule has 4 rings (SSSR count). The first-order chi connectivity index (χ1) is 12.1. The molecule has 0 radical (unpaired) electrons. The van der Waals surface area contributed by atoms with E-state index in [1.807, 2.05) is 30.3 Å². The first-order valence-corrected chi connectivity index (χ1v) is 9.01. The van der Waals surface area contributed by atoms with Crippen molar-refractivity contribution in [3.63, 3.8) is 0 Å². The fourth-order valence-electron chi connectivity index (χ4n) is 4.52. The van der Waals surface area contributed by atoms with Crippen LogP contribution in [0.5, 0.6) is 0 Å². The van der Waals surface area contributed by atoms with Gasteiger partial charge in [-0.15, -0.1) is 0 Å². The van der Waals surface area contributed by atoms with Crippen LogP contribution >= 0.6 is 0 Å². The van der Waals surface area contributed by atoms with E-state index in [2.05, 4.69) is 4.98 Å². The van der Waals surface area contributed by atoms with Gasteiger partial charge in [0.15, 0.2) is 0 Å². The zero-order chi connectivity index (χ0) is 17.4. The molecule has 2 fully saturated rings. The largest absolute Gasteiger partial charge is 0.480 e. The van der Waals surface area contributed by atoms with Crippen LogP contribution in [-0.2, 0) is 16.0 Å². The molecule has 2 aromatic rings. The first kappa shape index (κ1) is 16.1. The van der Waals surface area contributed by atoms with Gasteiger partial charge < -0.3 is 10.0 Å². The third-order valence-electron chi connectivity index (χ3n) is 5.66. The smallest absolute Gasteiger partial charge is 0.326 e. The van der Waals surface area contributed by atoms with Gasteiger partial charge in [-0.1, -0.05) is 31.0 Å². The minimum Gasteiger partial charge on any atom is -0.480 e. The highest BCUT2D eigenvalue weighted by Gasteiger charge is 2.47. The number of carbonyl (C=O) groups is 2. The van der Waals surface area contributed by atoms with Gasteiger partial charge in [0, 0.05) is 17.6 Å². The molecule has 0 bridgehead atoms. The lowest BCUT2D eigenvalue weighted by molar-refractivity contribution is -0.149. The Morgan fingerprint density at radius 2 is 2.00 bits per heavy atom. The van der Waals surface area contributed by atoms with E-state index in [1.165, 1.54) is 0 Å². The van der Waals surface area contributed by atoms with Crippen molar-refractivity contribution in [3.05, 3.63) is 42.1 Å². The number of aromatic nitrogens is 1. The third kappa shape index (κ3) is 2.99. The molecule has 1 aliphatic heterocycles. The molecule has 1 saturated carbocycles. The minimum absolute atomic E-state index is 0.0844. The zero-order valence-electron chi connectivity index (χ0n) is 14.1. The molecular weight excluding hydrogens is 316 g/mol. The summed E-state index contributed by atoms with van der Waals surface area (Å²) < 4.78 is 0. The molecule has 1 amide bonds. The first-order valence-electron chi connectivity index (χ1n) is 9.01. The maximum atomic E-state index is 13.0. The predicted molar refractivity (Wildman–Crippen MR) is 94.1 cm³/mol. The van der Waals surface area contributed by atoms with Crippen molar-refractivity contribution in [2.75, 3.05) is 0 Å². The summed E-state index contributed by atoms with van der Waals surface area (Å²) in [4.78, 5) is 30.7. The van der Waals surface area contributed by atoms with Gasteiger partial charge in [-0.2, -0.15) is 0 Å². The van der Waals surface area contributed by atoms with Crippen LogP contribution in [0.1, 0.15) is 37.7 Å². The van der Waals surface area contributed by atoms with E-state index < -0.39 is 12.0 Å². The highest BCUT2D eigenvalue weighted by atomic mass is 16.4. The number of hydrogen-bond donors (Lipinski definition) is 1. The number of carbonyl (C=O) groups excluding carboxylic acids is 1. The Balaban J connectivity index is 1.58. The lowest BCUT2D eigenvalue weighted by atomic mass is 9.84. The van der Waals surface area contributed by atoms with E-state index in [9.17, 15) is 14.7 Å². The van der Waals surface area contributed by atoms with E-state index in [-0.39, 0.29) is 18.4 Å². The van der Waals surface area contributed by atoms with Crippen LogP contribution in [0.2, 0.25) is 0 Å². The number of rotatable bonds is 3. The fourth-order valence-corrected chi connectivity index (χ4v) is 4.52. The molecule has 5 nitrogen and oxygen atoms in total. The van der Waals surface area contributed by atoms with Crippen molar-refractivity contribution >= 4 is 22.8 Å². The van der Waals surface area contributed by atoms with Gasteiger partial charge in [0.2, 0.25) is 5.91 Å². The van der Waals surface area contributed by atoms with Gasteiger partial charge in [0.05, 0.1) is 11.9 Å². The van der Waals surface area contributed by atoms with Crippen LogP contribution in [0, 0.1) is 5.92 Å². The van der Waals surface area contributed by atoms with Gasteiger partial charge in [-0.3, -0.25) is 9.78 Å². The van der Waals surface area contributed by atoms with Crippen LogP contribution in [0.3, 0.4) is 0 Å². The lowest BCUT2D eigenvalue weighted by Gasteiger charge is -2.33. The predicted octanol–water partition coefficient (Wildman–Crippen LogP) is 3.02. The number of carboxylic acids is 1. The molecule has 3 atom stereocenters. The number of aliphatic carboxylic acids is 1. The SMILES string of the molecule is O=C(O)C1CC2CCCCC2N1C(=O)Cc1cnc2ccccc2c1. The van der Waals surface area contributed by atoms with Gasteiger partial charge in [-0.25, -0.2) is 4.79 Å². The Morgan fingerprint density at radius 3 is 2.84 bits per heavy atom. The monoisotopic (exact) mass is 338 g/mol. The second-order valence-corrected chi connectivity index (χ2v) is 7.22. The van der Waals surface area contributed by atoms with E-state index in [4.69, 9.17) is 0 Å². The Kier molecular flexibility index (Phi) is 4.15. The van der Waals surface area contributed by atoms with Crippen LogP contribution < -0.4 is 0 Å². The molecule has 2 aliphatic rings. The second-order valence-electron chi connectivity index (χ2n) is 7.22. The average Bonchev–Trinajstić information content (AvgIpc) is 3.01. The number of carboxylic acid groups (broad SMARTS) is 1. The minimum atomic E-state index is -0.876. The molecule has 1 aromatic carbocycles. The Bertz CT molecular complexity index is 819. The number of benzene rings is 1. The van der Waals surface area contributed by atoms with Crippen molar-refractivity contribution in [1.29, 1.82) is 0 Å². The number of amides is 1. The van der Waals surface area contributed by atoms with E-state index in [1.54, 1.807) is 11.1 Å². The highest BCUT2D eigenvalue weighted by molar-refractivity contribution is 5.87. The Morgan fingerprint density at radius 1 is 1.20 bits per heavy atom. The number of nitrogens with zero attached hydrogens (tertiary/aromatic N) is 2. The summed E-state index contributed by atoms with van der Waals surface area (Å²) in [6.07, 6.45) is 6.72. The molecule has 2 heterocycles. The fraction of sp³-hybridized carbons (Fsp3) is 0.450. The van der Waals surface area contributed by atoms with Gasteiger partial charge in [0.1, 0.15) is 6.04 Å². The summed E-state index contributed by atoms with van der Waals surface area (Å²) in [7, 11) is 0. The number of likely N-dealkylation sites (tertiary alicyclic amines) is 1. The molecular formula is C20H22N2O3. The maximum Gasteiger partial charge on any atom is 0.326 e. The summed E-state index contributed by atoms with van der Waals surface area (Å²) in [6, 6.07) is 9.20. The summed E-state index contributed by atoms with van der Waals surface area (Å²) in [5, 5.41) is 10.6. The number of pyridine rings is 1. The standard InChI is InChI=1S/C20H22N2O3/c23-19(10-13-9-14-5-1-3-7-16(14)21-12-13)22-17-8-4-2-6-15(17)11-18(22)20(24)25/h1,3,5,7,9,12,15,17-18H,2,4,6,8,10-11H2,(H,24,25). The van der Waals surface area contributed by atoms with Crippen molar-refractivity contribution in [1.82, 2.24) is 9.88 Å². The average molecular weight is 338 g/mol. The normalized spacial score (nSPS) is 25.8. The van der Waals surface area contributed by atoms with Gasteiger partial charge >= 0.3 is 5.97 Å². The summed E-state index contributed by atoms with van der Waals surface area (Å²) in [5.41, 5.74) is 1.74. The lowest BCUT2D eigenvalue weighted by Crippen LogP contribution is -2.46. The molecule has 5 heteroatoms. The molecule has 130 valence electrons. The van der Waals surface area contributed by atoms with Crippen LogP contribution in [0.15, 0.2) is 36.5 Å². The van der Waals surface area contributed by atoms with Crippen molar-refractivity contribution in [3.8, 4) is 0 Å². The van der Waals surface area contributed by atoms with E-state index in [0.717, 1.165) is 42.1 Å². The molecule has 1 aliphatic carbocycles. The van der Waals surface area contributed by atoms with Crippen molar-refractivity contribution in [2.24, 2.45) is 5.92 Å². The summed E-state index contributed by atoms with van der Waals surface area (Å²) in [5.74, 6) is -0.619. The van der Waals surface area contributed by atoms with Crippen molar-refractivity contribution in [2.45, 2.75) is 50.6 Å². The molecule has 1 N–H and O–H groups in total. The number of fused-ring (bicyclic) bond motifs is 2. The zero-order valence-corrected chi connectivity index (χ0v) is 14.1. The van der Waals surface area contributed by atoms with Gasteiger partial charge in [0.25, 0.3) is 0 Å². The van der Waals surface area contributed by atoms with E-state index in [0.29, 0.717) is 12.3 Å². The van der Waals surface area contributed by atoms with Crippen LogP contribution in [-0.4, -0.2) is 39.0 Å². The summed E-state index contributed by atoms with van der Waals surface area (Å²) >= 11 is 0. The van der Waals surface area contributed by atoms with Crippen LogP contribution in [0.25, 0.3) is 10.9 Å². The third-order valence-corrected chi connectivity index (χ3v) is 5.66.